The van der Waals surface area contributed by atoms with E-state index >= 15 is 0 Å². The first-order chi connectivity index (χ1) is 15.5. The first-order valence-electron chi connectivity index (χ1n) is 10.0. The number of hydrogen-bond donors (Lipinski definition) is 2. The van der Waals surface area contributed by atoms with Crippen molar-refractivity contribution in [1.29, 1.82) is 0 Å². The smallest absolute Gasteiger partial charge is 0.408 e. The van der Waals surface area contributed by atoms with Crippen LogP contribution in [0, 0.1) is 0 Å². The Morgan fingerprint density at radius 3 is 1.97 bits per heavy atom. The molecule has 0 radical (unpaired) electrons. The highest BCUT2D eigenvalue weighted by molar-refractivity contribution is 7.10. The Kier molecular flexibility index (Phi) is 8.39. The summed E-state index contributed by atoms with van der Waals surface area (Å²) < 4.78 is 10.5. The zero-order valence-electron chi connectivity index (χ0n) is 17.5. The molecule has 1 heterocycles. The number of hydrogen-bond acceptors (Lipinski definition) is 6. The van der Waals surface area contributed by atoms with Crippen LogP contribution in [0.25, 0.3) is 0 Å². The van der Waals surface area contributed by atoms with Crippen LogP contribution < -0.4 is 10.6 Å². The largest absolute Gasteiger partial charge is 0.459 e. The van der Waals surface area contributed by atoms with E-state index in [1.54, 1.807) is 12.1 Å². The van der Waals surface area contributed by atoms with Gasteiger partial charge in [-0.3, -0.25) is 4.79 Å². The van der Waals surface area contributed by atoms with E-state index in [0.29, 0.717) is 4.88 Å². The van der Waals surface area contributed by atoms with Gasteiger partial charge in [-0.25, -0.2) is 9.59 Å². The van der Waals surface area contributed by atoms with Gasteiger partial charge < -0.3 is 20.1 Å². The third-order valence-electron chi connectivity index (χ3n) is 4.51. The highest BCUT2D eigenvalue weighted by Crippen LogP contribution is 2.21. The number of carbonyl (C=O) groups is 3. The Morgan fingerprint density at radius 2 is 1.41 bits per heavy atom. The first-order valence-corrected chi connectivity index (χ1v) is 10.9. The molecule has 0 saturated heterocycles. The zero-order valence-corrected chi connectivity index (χ0v) is 18.3. The van der Waals surface area contributed by atoms with Crippen LogP contribution in [0.15, 0.2) is 78.2 Å². The Labute approximate surface area is 190 Å². The summed E-state index contributed by atoms with van der Waals surface area (Å²) in [6, 6.07) is 20.1. The van der Waals surface area contributed by atoms with Crippen molar-refractivity contribution < 1.29 is 23.9 Å². The molecule has 0 aliphatic heterocycles. The summed E-state index contributed by atoms with van der Waals surface area (Å²) in [5, 5.41) is 6.94. The summed E-state index contributed by atoms with van der Waals surface area (Å²) in [5.41, 5.74) is 1.67. The van der Waals surface area contributed by atoms with Crippen LogP contribution in [0.3, 0.4) is 0 Å². The zero-order chi connectivity index (χ0) is 22.8. The van der Waals surface area contributed by atoms with E-state index in [2.05, 4.69) is 10.6 Å². The monoisotopic (exact) mass is 452 g/mol. The minimum Gasteiger partial charge on any atom is -0.459 e. The van der Waals surface area contributed by atoms with Gasteiger partial charge in [-0.05, 0) is 29.5 Å². The Bertz CT molecular complexity index is 1010. The van der Waals surface area contributed by atoms with Crippen molar-refractivity contribution in [2.75, 3.05) is 0 Å². The van der Waals surface area contributed by atoms with Crippen molar-refractivity contribution in [3.05, 3.63) is 94.2 Å². The summed E-state index contributed by atoms with van der Waals surface area (Å²) in [7, 11) is 0. The van der Waals surface area contributed by atoms with Crippen LogP contribution in [-0.2, 0) is 32.3 Å². The van der Waals surface area contributed by atoms with Gasteiger partial charge in [-0.15, -0.1) is 11.3 Å². The molecule has 7 nitrogen and oxygen atoms in total. The minimum absolute atomic E-state index is 0.0879. The van der Waals surface area contributed by atoms with Crippen molar-refractivity contribution in [3.8, 4) is 0 Å². The molecule has 0 spiro atoms. The quantitative estimate of drug-likeness (QED) is 0.479. The first kappa shape index (κ1) is 23.0. The molecule has 2 amide bonds. The summed E-state index contributed by atoms with van der Waals surface area (Å²) in [6.45, 7) is 1.70. The number of esters is 1. The number of nitrogens with one attached hydrogen (secondary N) is 2. The van der Waals surface area contributed by atoms with Gasteiger partial charge in [-0.1, -0.05) is 66.7 Å². The van der Waals surface area contributed by atoms with Crippen LogP contribution in [0.1, 0.15) is 29.0 Å². The molecule has 3 rings (SSSR count). The molecule has 1 aromatic heterocycles. The lowest BCUT2D eigenvalue weighted by Crippen LogP contribution is -2.47. The van der Waals surface area contributed by atoms with Gasteiger partial charge in [-0.2, -0.15) is 0 Å². The van der Waals surface area contributed by atoms with E-state index in [0.717, 1.165) is 11.1 Å². The Morgan fingerprint density at radius 1 is 0.812 bits per heavy atom. The molecule has 166 valence electrons. The van der Waals surface area contributed by atoms with Gasteiger partial charge in [0.15, 0.2) is 6.04 Å². The molecule has 2 N–H and O–H groups in total. The molecule has 0 aliphatic rings. The second kappa shape index (κ2) is 11.7. The maximum Gasteiger partial charge on any atom is 0.408 e. The van der Waals surface area contributed by atoms with Gasteiger partial charge in [0.2, 0.25) is 5.91 Å². The maximum atomic E-state index is 12.7. The molecular formula is C24H24N2O5S. The highest BCUT2D eigenvalue weighted by atomic mass is 32.1. The van der Waals surface area contributed by atoms with Crippen LogP contribution in [-0.4, -0.2) is 24.0 Å². The topological polar surface area (TPSA) is 93.7 Å². The van der Waals surface area contributed by atoms with Gasteiger partial charge in [0.25, 0.3) is 0 Å². The van der Waals surface area contributed by atoms with Crippen molar-refractivity contribution in [2.24, 2.45) is 0 Å². The van der Waals surface area contributed by atoms with E-state index in [-0.39, 0.29) is 13.2 Å². The number of benzene rings is 2. The fourth-order valence-corrected chi connectivity index (χ4v) is 3.55. The predicted octanol–water partition coefficient (Wildman–Crippen LogP) is 3.96. The molecule has 3 aromatic rings. The molecule has 32 heavy (non-hydrogen) atoms. The van der Waals surface area contributed by atoms with Crippen LogP contribution in [0.4, 0.5) is 4.79 Å². The summed E-state index contributed by atoms with van der Waals surface area (Å²) in [4.78, 5) is 38.0. The normalized spacial score (nSPS) is 12.3. The highest BCUT2D eigenvalue weighted by Gasteiger charge is 2.28. The SMILES string of the molecule is C[C@H](NC(=O)OCc1ccccc1)C(=O)NC(C(=O)OCc1ccccc1)c1cccs1. The number of thiophene rings is 1. The van der Waals surface area contributed by atoms with Gasteiger partial charge in [0.1, 0.15) is 19.3 Å². The standard InChI is InChI=1S/C24H24N2O5S/c1-17(25-24(29)31-16-19-11-6-3-7-12-19)22(27)26-21(20-13-8-14-32-20)23(28)30-15-18-9-4-2-5-10-18/h2-14,17,21H,15-16H2,1H3,(H,25,29)(H,26,27)/t17-,21?/m0/s1. The van der Waals surface area contributed by atoms with Crippen molar-refractivity contribution in [3.63, 3.8) is 0 Å². The molecule has 1 unspecified atom stereocenters. The molecule has 8 heteroatoms. The van der Waals surface area contributed by atoms with Gasteiger partial charge in [0.05, 0.1) is 0 Å². The molecule has 0 fully saturated rings. The van der Waals surface area contributed by atoms with E-state index < -0.39 is 30.1 Å². The molecule has 0 aliphatic carbocycles. The molecule has 0 bridgehead atoms. The lowest BCUT2D eigenvalue weighted by atomic mass is 10.2. The summed E-state index contributed by atoms with van der Waals surface area (Å²) in [6.07, 6.45) is -0.726. The lowest BCUT2D eigenvalue weighted by molar-refractivity contribution is -0.149. The van der Waals surface area contributed by atoms with Crippen LogP contribution in [0.2, 0.25) is 0 Å². The minimum atomic E-state index is -0.976. The summed E-state index contributed by atoms with van der Waals surface area (Å²) in [5.74, 6) is -1.11. The Hall–Kier alpha value is -3.65. The third-order valence-corrected chi connectivity index (χ3v) is 5.45. The molecule has 2 aromatic carbocycles. The van der Waals surface area contributed by atoms with Crippen LogP contribution >= 0.6 is 11.3 Å². The van der Waals surface area contributed by atoms with Crippen LogP contribution in [0.5, 0.6) is 0 Å². The predicted molar refractivity (Wildman–Crippen MR) is 121 cm³/mol. The number of carbonyl (C=O) groups excluding carboxylic acids is 3. The average Bonchev–Trinajstić information content (AvgIpc) is 3.35. The summed E-state index contributed by atoms with van der Waals surface area (Å²) >= 11 is 1.33. The average molecular weight is 453 g/mol. The second-order valence-electron chi connectivity index (χ2n) is 6.98. The number of amides is 2. The van der Waals surface area contributed by atoms with E-state index in [9.17, 15) is 14.4 Å². The fraction of sp³-hybridized carbons (Fsp3) is 0.208. The second-order valence-corrected chi connectivity index (χ2v) is 7.96. The fourth-order valence-electron chi connectivity index (χ4n) is 2.79. The van der Waals surface area contributed by atoms with Crippen molar-refractivity contribution in [2.45, 2.75) is 32.2 Å². The van der Waals surface area contributed by atoms with E-state index in [1.807, 2.05) is 66.0 Å². The van der Waals surface area contributed by atoms with E-state index in [1.165, 1.54) is 18.3 Å². The third kappa shape index (κ3) is 6.95. The van der Waals surface area contributed by atoms with E-state index in [4.69, 9.17) is 9.47 Å². The van der Waals surface area contributed by atoms with Gasteiger partial charge in [0, 0.05) is 4.88 Å². The lowest BCUT2D eigenvalue weighted by Gasteiger charge is -2.20. The number of alkyl carbamates (subject to hydrolysis) is 1. The molecular weight excluding hydrogens is 428 g/mol. The maximum absolute atomic E-state index is 12.7. The van der Waals surface area contributed by atoms with Gasteiger partial charge >= 0.3 is 12.1 Å². The number of rotatable bonds is 9. The number of ether oxygens (including phenoxy) is 2. The van der Waals surface area contributed by atoms with Crippen molar-refractivity contribution in [1.82, 2.24) is 10.6 Å². The van der Waals surface area contributed by atoms with Crippen molar-refractivity contribution >= 4 is 29.3 Å². The molecule has 2 atom stereocenters. The Balaban J connectivity index is 1.54. The molecule has 0 saturated carbocycles.